The molecular weight excluding hydrogens is 326 g/mol. The van der Waals surface area contributed by atoms with Crippen LogP contribution in [0.5, 0.6) is 5.75 Å². The number of ether oxygens (including phenoxy) is 2. The number of hydrogen-bond donors (Lipinski definition) is 0. The molecule has 2 atom stereocenters. The van der Waals surface area contributed by atoms with Crippen LogP contribution < -0.4 is 4.74 Å². The summed E-state index contributed by atoms with van der Waals surface area (Å²) in [6.07, 6.45) is 8.48. The highest BCUT2D eigenvalue weighted by Gasteiger charge is 2.38. The van der Waals surface area contributed by atoms with Crippen LogP contribution >= 0.6 is 0 Å². The second-order valence-electron chi connectivity index (χ2n) is 8.33. The second kappa shape index (κ2) is 8.15. The molecule has 1 fully saturated rings. The number of rotatable bonds is 5. The van der Waals surface area contributed by atoms with E-state index in [2.05, 4.69) is 6.08 Å². The Morgan fingerprint density at radius 3 is 2.65 bits per heavy atom. The molecule has 0 aliphatic carbocycles. The molecule has 0 radical (unpaired) electrons. The molecule has 0 saturated carbocycles. The van der Waals surface area contributed by atoms with Gasteiger partial charge in [0.1, 0.15) is 11.4 Å². The van der Waals surface area contributed by atoms with E-state index in [-0.39, 0.29) is 12.1 Å². The van der Waals surface area contributed by atoms with Crippen molar-refractivity contribution < 1.29 is 14.3 Å². The van der Waals surface area contributed by atoms with E-state index in [4.69, 9.17) is 9.47 Å². The van der Waals surface area contributed by atoms with Crippen molar-refractivity contribution in [3.8, 4) is 5.75 Å². The highest BCUT2D eigenvalue weighted by atomic mass is 16.6. The molecule has 1 saturated heterocycles. The third-order valence-electron chi connectivity index (χ3n) is 4.97. The molecule has 1 aromatic rings. The lowest BCUT2D eigenvalue weighted by atomic mass is 9.84. The van der Waals surface area contributed by atoms with Crippen LogP contribution in [-0.4, -0.2) is 35.3 Å². The monoisotopic (exact) mass is 357 g/mol. The fourth-order valence-corrected chi connectivity index (χ4v) is 3.91. The molecule has 142 valence electrons. The number of carbonyl (C=O) groups is 1. The lowest BCUT2D eigenvalue weighted by Gasteiger charge is -2.45. The van der Waals surface area contributed by atoms with Gasteiger partial charge in [-0.15, -0.1) is 0 Å². The van der Waals surface area contributed by atoms with Gasteiger partial charge in [0.2, 0.25) is 0 Å². The normalized spacial score (nSPS) is 22.6. The highest BCUT2D eigenvalue weighted by molar-refractivity contribution is 5.70. The third-order valence-corrected chi connectivity index (χ3v) is 4.97. The van der Waals surface area contributed by atoms with Crippen molar-refractivity contribution in [2.45, 2.75) is 77.0 Å². The molecule has 3 rings (SSSR count). The molecule has 2 unspecified atom stereocenters. The smallest absolute Gasteiger partial charge is 0.411 e. The van der Waals surface area contributed by atoms with Gasteiger partial charge in [-0.05, 0) is 71.4 Å². The number of hydrogen-bond acceptors (Lipinski definition) is 3. The molecule has 0 aromatic heterocycles. The first-order valence-corrected chi connectivity index (χ1v) is 9.81. The highest BCUT2D eigenvalue weighted by Crippen LogP contribution is 2.35. The Labute approximate surface area is 157 Å². The van der Waals surface area contributed by atoms with E-state index in [0.717, 1.165) is 44.5 Å². The number of nitrogens with zero attached hydrogens (tertiary/aromatic N) is 1. The second-order valence-corrected chi connectivity index (χ2v) is 8.33. The summed E-state index contributed by atoms with van der Waals surface area (Å²) in [4.78, 5) is 14.6. The predicted molar refractivity (Wildman–Crippen MR) is 103 cm³/mol. The van der Waals surface area contributed by atoms with Crippen LogP contribution in [0.2, 0.25) is 0 Å². The van der Waals surface area contributed by atoms with Crippen molar-refractivity contribution >= 4 is 6.09 Å². The SMILES string of the molecule is CC(C)(C)OC(=O)N1C2C=C(CCCOc3ccccc3)CC1CCC2. The fourth-order valence-electron chi connectivity index (χ4n) is 3.91. The Morgan fingerprint density at radius 2 is 1.96 bits per heavy atom. The Balaban J connectivity index is 1.53. The quantitative estimate of drug-likeness (QED) is 0.528. The first-order chi connectivity index (χ1) is 12.4. The molecule has 1 amide bonds. The summed E-state index contributed by atoms with van der Waals surface area (Å²) in [5.74, 6) is 0.929. The lowest BCUT2D eigenvalue weighted by Crippen LogP contribution is -2.53. The number of para-hydroxylation sites is 1. The summed E-state index contributed by atoms with van der Waals surface area (Å²) in [6.45, 7) is 6.52. The molecule has 1 aromatic carbocycles. The van der Waals surface area contributed by atoms with Crippen LogP contribution in [0.4, 0.5) is 4.79 Å². The van der Waals surface area contributed by atoms with Gasteiger partial charge in [0.15, 0.2) is 0 Å². The zero-order valence-electron chi connectivity index (χ0n) is 16.2. The van der Waals surface area contributed by atoms with Gasteiger partial charge in [0.25, 0.3) is 0 Å². The topological polar surface area (TPSA) is 38.8 Å². The number of carbonyl (C=O) groups excluding carboxylic acids is 1. The van der Waals surface area contributed by atoms with Crippen LogP contribution in [0.3, 0.4) is 0 Å². The van der Waals surface area contributed by atoms with E-state index in [1.807, 2.05) is 56.0 Å². The van der Waals surface area contributed by atoms with Crippen LogP contribution in [-0.2, 0) is 4.74 Å². The Kier molecular flexibility index (Phi) is 5.90. The van der Waals surface area contributed by atoms with Crippen molar-refractivity contribution in [2.24, 2.45) is 0 Å². The number of piperidine rings is 1. The number of amides is 1. The molecule has 2 heterocycles. The Morgan fingerprint density at radius 1 is 1.19 bits per heavy atom. The maximum Gasteiger partial charge on any atom is 0.411 e. The van der Waals surface area contributed by atoms with Crippen molar-refractivity contribution in [1.82, 2.24) is 4.90 Å². The molecule has 2 aliphatic heterocycles. The molecule has 26 heavy (non-hydrogen) atoms. The molecule has 4 nitrogen and oxygen atoms in total. The first-order valence-electron chi connectivity index (χ1n) is 9.81. The van der Waals surface area contributed by atoms with E-state index >= 15 is 0 Å². The van der Waals surface area contributed by atoms with Gasteiger partial charge in [-0.2, -0.15) is 0 Å². The van der Waals surface area contributed by atoms with E-state index < -0.39 is 5.60 Å². The third kappa shape index (κ3) is 5.03. The van der Waals surface area contributed by atoms with Gasteiger partial charge in [0.05, 0.1) is 12.6 Å². The summed E-state index contributed by atoms with van der Waals surface area (Å²) in [6, 6.07) is 10.4. The van der Waals surface area contributed by atoms with Gasteiger partial charge in [-0.25, -0.2) is 4.79 Å². The largest absolute Gasteiger partial charge is 0.494 e. The Hall–Kier alpha value is -1.97. The summed E-state index contributed by atoms with van der Waals surface area (Å²) in [5.41, 5.74) is 1.03. The van der Waals surface area contributed by atoms with Gasteiger partial charge in [0, 0.05) is 6.04 Å². The summed E-state index contributed by atoms with van der Waals surface area (Å²) in [7, 11) is 0. The molecule has 0 spiro atoms. The minimum absolute atomic E-state index is 0.157. The van der Waals surface area contributed by atoms with Crippen LogP contribution in [0.15, 0.2) is 42.0 Å². The van der Waals surface area contributed by atoms with Crippen LogP contribution in [0.1, 0.15) is 59.3 Å². The Bertz CT molecular complexity index is 633. The summed E-state index contributed by atoms with van der Waals surface area (Å²) in [5, 5.41) is 0. The predicted octanol–water partition coefficient (Wildman–Crippen LogP) is 5.33. The van der Waals surface area contributed by atoms with E-state index in [1.165, 1.54) is 12.0 Å². The molecule has 0 N–H and O–H groups in total. The molecular formula is C22H31NO3. The first kappa shape index (κ1) is 18.8. The molecule has 2 aliphatic rings. The molecule has 4 heteroatoms. The minimum Gasteiger partial charge on any atom is -0.494 e. The van der Waals surface area contributed by atoms with E-state index in [1.54, 1.807) is 0 Å². The van der Waals surface area contributed by atoms with Gasteiger partial charge >= 0.3 is 6.09 Å². The zero-order valence-corrected chi connectivity index (χ0v) is 16.2. The van der Waals surface area contributed by atoms with Crippen LogP contribution in [0, 0.1) is 0 Å². The maximum atomic E-state index is 12.6. The minimum atomic E-state index is -0.440. The fraction of sp³-hybridized carbons (Fsp3) is 0.591. The standard InChI is InChI=1S/C22H31NO3/c1-22(2,3)26-21(24)23-18-10-7-11-19(23)16-17(15-18)9-8-14-25-20-12-5-4-6-13-20/h4-6,12-13,15,18-19H,7-11,14,16H2,1-3H3. The maximum absolute atomic E-state index is 12.6. The van der Waals surface area contributed by atoms with Gasteiger partial charge in [-0.1, -0.05) is 29.8 Å². The van der Waals surface area contributed by atoms with Crippen molar-refractivity contribution in [3.05, 3.63) is 42.0 Å². The summed E-state index contributed by atoms with van der Waals surface area (Å²) < 4.78 is 11.4. The van der Waals surface area contributed by atoms with E-state index in [9.17, 15) is 4.79 Å². The lowest BCUT2D eigenvalue weighted by molar-refractivity contribution is -0.00162. The van der Waals surface area contributed by atoms with Crippen molar-refractivity contribution in [2.75, 3.05) is 6.61 Å². The number of fused-ring (bicyclic) bond motifs is 2. The van der Waals surface area contributed by atoms with Crippen LogP contribution in [0.25, 0.3) is 0 Å². The van der Waals surface area contributed by atoms with Crippen molar-refractivity contribution in [3.63, 3.8) is 0 Å². The average Bonchev–Trinajstić information content (AvgIpc) is 2.57. The van der Waals surface area contributed by atoms with E-state index in [0.29, 0.717) is 6.04 Å². The zero-order chi connectivity index (χ0) is 18.6. The summed E-state index contributed by atoms with van der Waals surface area (Å²) >= 11 is 0. The van der Waals surface area contributed by atoms with Crippen molar-refractivity contribution in [1.29, 1.82) is 0 Å². The van der Waals surface area contributed by atoms with Gasteiger partial charge in [-0.3, -0.25) is 4.90 Å². The average molecular weight is 357 g/mol. The molecule has 2 bridgehead atoms. The number of benzene rings is 1. The van der Waals surface area contributed by atoms with Gasteiger partial charge < -0.3 is 9.47 Å².